The first-order chi connectivity index (χ1) is 8.95. The van der Waals surface area contributed by atoms with E-state index < -0.39 is 5.54 Å². The van der Waals surface area contributed by atoms with Crippen molar-refractivity contribution >= 4 is 16.9 Å². The van der Waals surface area contributed by atoms with Crippen molar-refractivity contribution in [2.24, 2.45) is 0 Å². The number of carbonyl (C=O) groups is 1. The van der Waals surface area contributed by atoms with Gasteiger partial charge in [0.05, 0.1) is 11.8 Å². The Bertz CT molecular complexity index is 587. The van der Waals surface area contributed by atoms with Crippen molar-refractivity contribution in [3.63, 3.8) is 0 Å². The van der Waals surface area contributed by atoms with Crippen LogP contribution in [0.2, 0.25) is 0 Å². The Labute approximate surface area is 113 Å². The molecule has 1 aromatic heterocycles. The van der Waals surface area contributed by atoms with Crippen molar-refractivity contribution in [3.8, 4) is 0 Å². The molecule has 0 saturated carbocycles. The molecule has 0 aliphatic rings. The summed E-state index contributed by atoms with van der Waals surface area (Å²) >= 11 is 0. The summed E-state index contributed by atoms with van der Waals surface area (Å²) in [6.45, 7) is 4.29. The minimum Gasteiger partial charge on any atom is -0.464 e. The third-order valence-corrected chi connectivity index (χ3v) is 3.48. The Morgan fingerprint density at radius 2 is 2.05 bits per heavy atom. The van der Waals surface area contributed by atoms with Crippen LogP contribution < -0.4 is 5.32 Å². The van der Waals surface area contributed by atoms with E-state index in [1.165, 1.54) is 0 Å². The molecular weight excluding hydrogens is 240 g/mol. The average Bonchev–Trinajstić information content (AvgIpc) is 2.81. The number of nitrogens with zero attached hydrogens (tertiary/aromatic N) is 1. The van der Waals surface area contributed by atoms with E-state index in [2.05, 4.69) is 5.32 Å². The summed E-state index contributed by atoms with van der Waals surface area (Å²) in [4.78, 5) is 14.0. The van der Waals surface area contributed by atoms with Crippen LogP contribution in [-0.2, 0) is 11.3 Å². The summed E-state index contributed by atoms with van der Waals surface area (Å²) < 4.78 is 5.49. The lowest BCUT2D eigenvalue weighted by Crippen LogP contribution is -2.51. The Kier molecular flexibility index (Phi) is 3.62. The molecule has 0 spiro atoms. The summed E-state index contributed by atoms with van der Waals surface area (Å²) in [6, 6.07) is 7.85. The van der Waals surface area contributed by atoms with Gasteiger partial charge in [-0.3, -0.25) is 4.79 Å². The molecule has 1 aromatic carbocycles. The van der Waals surface area contributed by atoms with Crippen molar-refractivity contribution in [2.45, 2.75) is 25.9 Å². The lowest BCUT2D eigenvalue weighted by Gasteiger charge is -2.28. The molecule has 0 unspecified atom stereocenters. The molecule has 0 bridgehead atoms. The van der Waals surface area contributed by atoms with Crippen LogP contribution in [0.15, 0.2) is 34.9 Å². The molecule has 0 aliphatic carbocycles. The van der Waals surface area contributed by atoms with Gasteiger partial charge in [0.1, 0.15) is 5.58 Å². The summed E-state index contributed by atoms with van der Waals surface area (Å²) in [5.74, 6) is 0.0558. The second-order valence-corrected chi connectivity index (χ2v) is 5.29. The highest BCUT2D eigenvalue weighted by molar-refractivity contribution is 5.86. The zero-order chi connectivity index (χ0) is 14.0. The van der Waals surface area contributed by atoms with Crippen molar-refractivity contribution < 1.29 is 9.21 Å². The minimum atomic E-state index is -0.561. The number of rotatable bonds is 4. The van der Waals surface area contributed by atoms with E-state index in [-0.39, 0.29) is 5.91 Å². The van der Waals surface area contributed by atoms with Gasteiger partial charge in [0.15, 0.2) is 0 Å². The molecule has 0 saturated heterocycles. The van der Waals surface area contributed by atoms with E-state index in [0.717, 1.165) is 16.5 Å². The van der Waals surface area contributed by atoms with Gasteiger partial charge in [0, 0.05) is 24.5 Å². The molecule has 2 aromatic rings. The third kappa shape index (κ3) is 2.63. The molecule has 4 heteroatoms. The van der Waals surface area contributed by atoms with E-state index in [9.17, 15) is 4.79 Å². The Morgan fingerprint density at radius 3 is 2.74 bits per heavy atom. The fourth-order valence-electron chi connectivity index (χ4n) is 2.07. The number of furan rings is 1. The van der Waals surface area contributed by atoms with Crippen LogP contribution in [0.4, 0.5) is 0 Å². The van der Waals surface area contributed by atoms with E-state index in [1.54, 1.807) is 18.2 Å². The van der Waals surface area contributed by atoms with Gasteiger partial charge >= 0.3 is 0 Å². The molecule has 1 N–H and O–H groups in total. The van der Waals surface area contributed by atoms with E-state index in [4.69, 9.17) is 4.42 Å². The fourth-order valence-corrected chi connectivity index (χ4v) is 2.07. The predicted molar refractivity (Wildman–Crippen MR) is 75.8 cm³/mol. The number of hydrogen-bond donors (Lipinski definition) is 1. The van der Waals surface area contributed by atoms with Crippen molar-refractivity contribution in [1.29, 1.82) is 0 Å². The second-order valence-electron chi connectivity index (χ2n) is 5.29. The number of carbonyl (C=O) groups excluding carboxylic acids is 1. The topological polar surface area (TPSA) is 45.5 Å². The normalized spacial score (nSPS) is 11.8. The maximum Gasteiger partial charge on any atom is 0.242 e. The number of benzene rings is 1. The van der Waals surface area contributed by atoms with E-state index >= 15 is 0 Å². The molecule has 0 atom stereocenters. The minimum absolute atomic E-state index is 0.0558. The second kappa shape index (κ2) is 5.05. The van der Waals surface area contributed by atoms with Gasteiger partial charge in [-0.2, -0.15) is 0 Å². The standard InChI is InChI=1S/C15H20N2O2/c1-15(2,16-3)14(18)17(4)9-11-10-19-13-8-6-5-7-12(11)13/h5-8,10,16H,9H2,1-4H3. The highest BCUT2D eigenvalue weighted by Crippen LogP contribution is 2.22. The first-order valence-electron chi connectivity index (χ1n) is 6.35. The van der Waals surface area contributed by atoms with Crippen LogP contribution >= 0.6 is 0 Å². The first kappa shape index (κ1) is 13.6. The highest BCUT2D eigenvalue weighted by atomic mass is 16.3. The summed E-state index contributed by atoms with van der Waals surface area (Å²) in [6.07, 6.45) is 1.72. The molecule has 1 amide bonds. The molecule has 0 aliphatic heterocycles. The smallest absolute Gasteiger partial charge is 0.242 e. The van der Waals surface area contributed by atoms with Crippen LogP contribution in [0, 0.1) is 0 Å². The number of para-hydroxylation sites is 1. The van der Waals surface area contributed by atoms with Gasteiger partial charge in [0.25, 0.3) is 0 Å². The average molecular weight is 260 g/mol. The molecule has 2 rings (SSSR count). The lowest BCUT2D eigenvalue weighted by atomic mass is 10.0. The van der Waals surface area contributed by atoms with Crippen LogP contribution in [0.25, 0.3) is 11.0 Å². The van der Waals surface area contributed by atoms with Crippen LogP contribution in [-0.4, -0.2) is 30.4 Å². The lowest BCUT2D eigenvalue weighted by molar-refractivity contribution is -0.136. The first-order valence-corrected chi connectivity index (χ1v) is 6.35. The van der Waals surface area contributed by atoms with E-state index in [1.807, 2.05) is 45.2 Å². The molecule has 0 radical (unpaired) electrons. The number of amides is 1. The Hall–Kier alpha value is -1.81. The van der Waals surface area contributed by atoms with Crippen molar-refractivity contribution in [3.05, 3.63) is 36.1 Å². The number of fused-ring (bicyclic) bond motifs is 1. The van der Waals surface area contributed by atoms with Crippen molar-refractivity contribution in [1.82, 2.24) is 10.2 Å². The zero-order valence-corrected chi connectivity index (χ0v) is 11.9. The predicted octanol–water partition coefficient (Wildman–Crippen LogP) is 2.39. The Morgan fingerprint density at radius 1 is 1.37 bits per heavy atom. The van der Waals surface area contributed by atoms with Crippen LogP contribution in [0.3, 0.4) is 0 Å². The van der Waals surface area contributed by atoms with Gasteiger partial charge in [-0.25, -0.2) is 0 Å². The van der Waals surface area contributed by atoms with Gasteiger partial charge in [0.2, 0.25) is 5.91 Å². The van der Waals surface area contributed by atoms with Gasteiger partial charge < -0.3 is 14.6 Å². The highest BCUT2D eigenvalue weighted by Gasteiger charge is 2.28. The van der Waals surface area contributed by atoms with Crippen molar-refractivity contribution in [2.75, 3.05) is 14.1 Å². The van der Waals surface area contributed by atoms with Crippen LogP contribution in [0.1, 0.15) is 19.4 Å². The van der Waals surface area contributed by atoms with Crippen LogP contribution in [0.5, 0.6) is 0 Å². The molecule has 19 heavy (non-hydrogen) atoms. The summed E-state index contributed by atoms with van der Waals surface area (Å²) in [7, 11) is 3.60. The molecule has 0 fully saturated rings. The van der Waals surface area contributed by atoms with Gasteiger partial charge in [-0.05, 0) is 27.0 Å². The SMILES string of the molecule is CNC(C)(C)C(=O)N(C)Cc1coc2ccccc12. The molecule has 4 nitrogen and oxygen atoms in total. The molecular formula is C15H20N2O2. The quantitative estimate of drug-likeness (QED) is 0.918. The zero-order valence-electron chi connectivity index (χ0n) is 11.9. The summed E-state index contributed by atoms with van der Waals surface area (Å²) in [5, 5.41) is 4.08. The fraction of sp³-hybridized carbons (Fsp3) is 0.400. The number of nitrogens with one attached hydrogen (secondary N) is 1. The molecule has 102 valence electrons. The van der Waals surface area contributed by atoms with Gasteiger partial charge in [-0.1, -0.05) is 18.2 Å². The third-order valence-electron chi connectivity index (χ3n) is 3.48. The monoisotopic (exact) mass is 260 g/mol. The maximum atomic E-state index is 12.3. The Balaban J connectivity index is 2.19. The van der Waals surface area contributed by atoms with Gasteiger partial charge in [-0.15, -0.1) is 0 Å². The largest absolute Gasteiger partial charge is 0.464 e. The molecule has 1 heterocycles. The maximum absolute atomic E-state index is 12.3. The number of hydrogen-bond acceptors (Lipinski definition) is 3. The van der Waals surface area contributed by atoms with E-state index in [0.29, 0.717) is 6.54 Å². The summed E-state index contributed by atoms with van der Waals surface area (Å²) in [5.41, 5.74) is 1.32. The number of likely N-dealkylation sites (N-methyl/N-ethyl adjacent to an activating group) is 2.